The van der Waals surface area contributed by atoms with Crippen LogP contribution >= 0.6 is 11.6 Å². The van der Waals surface area contributed by atoms with E-state index in [0.717, 1.165) is 12.1 Å². The molecule has 0 amide bonds. The first-order valence-electron chi connectivity index (χ1n) is 4.28. The van der Waals surface area contributed by atoms with Crippen molar-refractivity contribution in [2.75, 3.05) is 6.54 Å². The van der Waals surface area contributed by atoms with Crippen LogP contribution < -0.4 is 5.32 Å². The summed E-state index contributed by atoms with van der Waals surface area (Å²) in [6.07, 6.45) is 0. The molecule has 1 aromatic carbocycles. The molecule has 0 radical (unpaired) electrons. The van der Waals surface area contributed by atoms with Crippen LogP contribution in [-0.2, 0) is 6.54 Å². The summed E-state index contributed by atoms with van der Waals surface area (Å²) >= 11 is 5.87. The van der Waals surface area contributed by atoms with E-state index in [1.807, 2.05) is 6.92 Å². The highest BCUT2D eigenvalue weighted by Crippen LogP contribution is 2.21. The number of hydrogen-bond acceptors (Lipinski definition) is 3. The molecule has 0 heterocycles. The summed E-state index contributed by atoms with van der Waals surface area (Å²) in [4.78, 5) is 10.1. The summed E-state index contributed by atoms with van der Waals surface area (Å²) in [7, 11) is 0. The number of non-ortho nitro benzene ring substituents is 1. The van der Waals surface area contributed by atoms with Crippen molar-refractivity contribution in [3.05, 3.63) is 38.9 Å². The molecule has 0 aliphatic rings. The van der Waals surface area contributed by atoms with Gasteiger partial charge in [-0.1, -0.05) is 18.5 Å². The zero-order valence-corrected chi connectivity index (χ0v) is 8.54. The van der Waals surface area contributed by atoms with E-state index in [1.54, 1.807) is 6.07 Å². The second-order valence-electron chi connectivity index (χ2n) is 2.81. The lowest BCUT2D eigenvalue weighted by molar-refractivity contribution is -0.384. The first kappa shape index (κ1) is 10.9. The number of nitrogens with one attached hydrogen (secondary N) is 1. The van der Waals surface area contributed by atoms with Crippen molar-refractivity contribution in [3.8, 4) is 0 Å². The van der Waals surface area contributed by atoms with Crippen LogP contribution in [0.4, 0.5) is 5.69 Å². The fourth-order valence-electron chi connectivity index (χ4n) is 1.07. The molecule has 5 heteroatoms. The van der Waals surface area contributed by atoms with Gasteiger partial charge in [0.25, 0.3) is 5.69 Å². The molecule has 0 aliphatic carbocycles. The van der Waals surface area contributed by atoms with Crippen LogP contribution in [0.15, 0.2) is 18.2 Å². The Bertz CT molecular complexity index is 342. The van der Waals surface area contributed by atoms with E-state index < -0.39 is 4.92 Å². The molecule has 4 nitrogen and oxygen atoms in total. The lowest BCUT2D eigenvalue weighted by Crippen LogP contribution is -2.12. The number of hydrogen-bond donors (Lipinski definition) is 1. The van der Waals surface area contributed by atoms with Crippen LogP contribution in [0.3, 0.4) is 0 Å². The average molecular weight is 215 g/mol. The summed E-state index contributed by atoms with van der Waals surface area (Å²) in [6.45, 7) is 3.32. The number of nitro groups is 1. The normalized spacial score (nSPS) is 10.1. The molecule has 1 rings (SSSR count). The minimum absolute atomic E-state index is 0.0716. The van der Waals surface area contributed by atoms with E-state index >= 15 is 0 Å². The van der Waals surface area contributed by atoms with E-state index in [1.165, 1.54) is 12.1 Å². The molecule has 0 atom stereocenters. The smallest absolute Gasteiger partial charge is 0.269 e. The standard InChI is InChI=1S/C9H11ClN2O2/c1-2-11-6-7-5-8(12(13)14)3-4-9(7)10/h3-5,11H,2,6H2,1H3. The van der Waals surface area contributed by atoms with Crippen LogP contribution in [0.5, 0.6) is 0 Å². The molecule has 0 spiro atoms. The predicted octanol–water partition coefficient (Wildman–Crippen LogP) is 2.36. The molecule has 0 fully saturated rings. The predicted molar refractivity (Wildman–Crippen MR) is 55.5 cm³/mol. The van der Waals surface area contributed by atoms with Gasteiger partial charge in [0.2, 0.25) is 0 Å². The Morgan fingerprint density at radius 1 is 1.57 bits per heavy atom. The SMILES string of the molecule is CCNCc1cc([N+](=O)[O-])ccc1Cl. The summed E-state index contributed by atoms with van der Waals surface area (Å²) in [5, 5.41) is 14.1. The van der Waals surface area contributed by atoms with Crippen LogP contribution in [-0.4, -0.2) is 11.5 Å². The molecule has 0 aromatic heterocycles. The van der Waals surface area contributed by atoms with E-state index in [2.05, 4.69) is 5.32 Å². The van der Waals surface area contributed by atoms with E-state index in [4.69, 9.17) is 11.6 Å². The lowest BCUT2D eigenvalue weighted by Gasteiger charge is -2.04. The molecule has 0 saturated carbocycles. The maximum absolute atomic E-state index is 10.5. The van der Waals surface area contributed by atoms with Gasteiger partial charge in [0.1, 0.15) is 0 Å². The second kappa shape index (κ2) is 4.93. The minimum atomic E-state index is -0.425. The molecule has 0 bridgehead atoms. The second-order valence-corrected chi connectivity index (χ2v) is 3.22. The van der Waals surface area contributed by atoms with E-state index in [0.29, 0.717) is 11.6 Å². The summed E-state index contributed by atoms with van der Waals surface area (Å²) in [6, 6.07) is 4.44. The highest BCUT2D eigenvalue weighted by atomic mass is 35.5. The van der Waals surface area contributed by atoms with Crippen molar-refractivity contribution >= 4 is 17.3 Å². The van der Waals surface area contributed by atoms with Gasteiger partial charge < -0.3 is 5.32 Å². The van der Waals surface area contributed by atoms with E-state index in [-0.39, 0.29) is 5.69 Å². The van der Waals surface area contributed by atoms with Crippen molar-refractivity contribution in [2.24, 2.45) is 0 Å². The molecule has 1 aromatic rings. The van der Waals surface area contributed by atoms with Crippen LogP contribution in [0.25, 0.3) is 0 Å². The fraction of sp³-hybridized carbons (Fsp3) is 0.333. The van der Waals surface area contributed by atoms with Gasteiger partial charge in [0, 0.05) is 23.7 Å². The van der Waals surface area contributed by atoms with Crippen molar-refractivity contribution in [1.29, 1.82) is 0 Å². The lowest BCUT2D eigenvalue weighted by atomic mass is 10.2. The van der Waals surface area contributed by atoms with Gasteiger partial charge in [-0.15, -0.1) is 0 Å². The van der Waals surface area contributed by atoms with Gasteiger partial charge in [-0.3, -0.25) is 10.1 Å². The molecule has 0 unspecified atom stereocenters. The van der Waals surface area contributed by atoms with Crippen molar-refractivity contribution < 1.29 is 4.92 Å². The highest BCUT2D eigenvalue weighted by molar-refractivity contribution is 6.31. The molecule has 0 aliphatic heterocycles. The molecular weight excluding hydrogens is 204 g/mol. The third kappa shape index (κ3) is 2.68. The Kier molecular flexibility index (Phi) is 3.85. The number of halogens is 1. The first-order valence-corrected chi connectivity index (χ1v) is 4.66. The van der Waals surface area contributed by atoms with Crippen LogP contribution in [0.2, 0.25) is 5.02 Å². The average Bonchev–Trinajstić information content (AvgIpc) is 2.16. The van der Waals surface area contributed by atoms with Gasteiger partial charge in [-0.2, -0.15) is 0 Å². The monoisotopic (exact) mass is 214 g/mol. The topological polar surface area (TPSA) is 55.2 Å². The van der Waals surface area contributed by atoms with Crippen molar-refractivity contribution in [2.45, 2.75) is 13.5 Å². The molecule has 0 saturated heterocycles. The zero-order valence-electron chi connectivity index (χ0n) is 7.79. The Morgan fingerprint density at radius 3 is 2.86 bits per heavy atom. The van der Waals surface area contributed by atoms with Crippen LogP contribution in [0, 0.1) is 10.1 Å². The molecular formula is C9H11ClN2O2. The Morgan fingerprint density at radius 2 is 2.29 bits per heavy atom. The van der Waals surface area contributed by atoms with Crippen LogP contribution in [0.1, 0.15) is 12.5 Å². The van der Waals surface area contributed by atoms with Gasteiger partial charge in [0.05, 0.1) is 4.92 Å². The minimum Gasteiger partial charge on any atom is -0.313 e. The fourth-order valence-corrected chi connectivity index (χ4v) is 1.25. The number of rotatable bonds is 4. The van der Waals surface area contributed by atoms with Crippen molar-refractivity contribution in [1.82, 2.24) is 5.32 Å². The maximum Gasteiger partial charge on any atom is 0.269 e. The Labute approximate surface area is 87.0 Å². The number of nitrogens with zero attached hydrogens (tertiary/aromatic N) is 1. The Hall–Kier alpha value is -1.13. The van der Waals surface area contributed by atoms with Gasteiger partial charge in [-0.25, -0.2) is 0 Å². The molecule has 14 heavy (non-hydrogen) atoms. The van der Waals surface area contributed by atoms with Gasteiger partial charge >= 0.3 is 0 Å². The van der Waals surface area contributed by atoms with Gasteiger partial charge in [-0.05, 0) is 18.2 Å². The third-order valence-corrected chi connectivity index (χ3v) is 2.17. The molecule has 1 N–H and O–H groups in total. The van der Waals surface area contributed by atoms with E-state index in [9.17, 15) is 10.1 Å². The van der Waals surface area contributed by atoms with Gasteiger partial charge in [0.15, 0.2) is 0 Å². The zero-order chi connectivity index (χ0) is 10.6. The summed E-state index contributed by atoms with van der Waals surface area (Å²) in [5.41, 5.74) is 0.824. The van der Waals surface area contributed by atoms with Crippen molar-refractivity contribution in [3.63, 3.8) is 0 Å². The summed E-state index contributed by atoms with van der Waals surface area (Å²) in [5.74, 6) is 0. The third-order valence-electron chi connectivity index (χ3n) is 1.81. The maximum atomic E-state index is 10.5. The summed E-state index contributed by atoms with van der Waals surface area (Å²) < 4.78 is 0. The quantitative estimate of drug-likeness (QED) is 0.618. The largest absolute Gasteiger partial charge is 0.313 e. The number of nitro benzene ring substituents is 1. The first-order chi connectivity index (χ1) is 6.65. The number of benzene rings is 1. The molecule has 76 valence electrons. The Balaban J connectivity index is 2.90. The highest BCUT2D eigenvalue weighted by Gasteiger charge is 2.08.